The molecule has 0 bridgehead atoms. The van der Waals surface area contributed by atoms with E-state index in [0.717, 1.165) is 12.8 Å². The number of carbonyl (C=O) groups excluding carboxylic acids is 4. The number of pyridine rings is 1. The molecule has 0 aliphatic heterocycles. The van der Waals surface area contributed by atoms with Crippen LogP contribution in [0.4, 0.5) is 10.5 Å². The molecule has 212 valence electrons. The molecular weight excluding hydrogens is 480 g/mol. The first-order valence-electron chi connectivity index (χ1n) is 12.4. The van der Waals surface area contributed by atoms with Crippen molar-refractivity contribution in [2.75, 3.05) is 19.0 Å². The maximum atomic E-state index is 13.0. The van der Waals surface area contributed by atoms with Gasteiger partial charge in [-0.25, -0.2) is 9.59 Å². The molecule has 0 unspecified atom stereocenters. The lowest BCUT2D eigenvalue weighted by molar-refractivity contribution is -0.134. The Labute approximate surface area is 222 Å². The number of carbonyl (C=O) groups is 4. The summed E-state index contributed by atoms with van der Waals surface area (Å²) < 4.78 is 11.0. The molecule has 1 rings (SSSR count). The van der Waals surface area contributed by atoms with Crippen molar-refractivity contribution in [1.29, 1.82) is 0 Å². The van der Waals surface area contributed by atoms with E-state index in [2.05, 4.69) is 34.5 Å². The molecule has 0 aliphatic rings. The largest absolute Gasteiger partial charge is 0.466 e. The van der Waals surface area contributed by atoms with Gasteiger partial charge in [-0.05, 0) is 51.7 Å². The number of amides is 3. The van der Waals surface area contributed by atoms with E-state index >= 15 is 0 Å². The van der Waals surface area contributed by atoms with E-state index in [-0.39, 0.29) is 35.3 Å². The highest BCUT2D eigenvalue weighted by Gasteiger charge is 2.25. The normalized spacial score (nSPS) is 12.2. The lowest BCUT2D eigenvalue weighted by Crippen LogP contribution is -2.46. The molecule has 0 fully saturated rings. The van der Waals surface area contributed by atoms with Crippen molar-refractivity contribution in [3.63, 3.8) is 0 Å². The Kier molecular flexibility index (Phi) is 13.1. The zero-order valence-corrected chi connectivity index (χ0v) is 22.6. The van der Waals surface area contributed by atoms with Gasteiger partial charge >= 0.3 is 12.1 Å². The summed E-state index contributed by atoms with van der Waals surface area (Å²) in [6.07, 6.45) is 5.65. The second kappa shape index (κ2) is 15.5. The molecule has 1 aromatic heterocycles. The number of aromatic nitrogens is 1. The van der Waals surface area contributed by atoms with Crippen LogP contribution in [-0.2, 0) is 30.4 Å². The van der Waals surface area contributed by atoms with E-state index in [9.17, 15) is 24.0 Å². The van der Waals surface area contributed by atoms with Crippen LogP contribution >= 0.6 is 0 Å². The molecule has 1 atom stereocenters. The number of allylic oxidation sites excluding steroid dienone is 1. The molecule has 37 heavy (non-hydrogen) atoms. The van der Waals surface area contributed by atoms with Crippen LogP contribution in [-0.4, -0.2) is 53.7 Å². The fraction of sp³-hybridized carbons (Fsp3) is 0.577. The van der Waals surface area contributed by atoms with Crippen molar-refractivity contribution >= 4 is 29.6 Å². The minimum absolute atomic E-state index is 0. The number of rotatable bonds is 13. The lowest BCUT2D eigenvalue weighted by Gasteiger charge is -2.23. The molecule has 11 nitrogen and oxygen atoms in total. The molecule has 11 heteroatoms. The summed E-state index contributed by atoms with van der Waals surface area (Å²) in [4.78, 5) is 61.8. The highest BCUT2D eigenvalue weighted by Crippen LogP contribution is 2.10. The lowest BCUT2D eigenvalue weighted by atomic mass is 10.0. The monoisotopic (exact) mass is 526 g/mol. The van der Waals surface area contributed by atoms with Crippen LogP contribution in [0.15, 0.2) is 35.3 Å². The Morgan fingerprint density at radius 3 is 2.43 bits per heavy atom. The van der Waals surface area contributed by atoms with Crippen molar-refractivity contribution in [1.82, 2.24) is 15.2 Å². The number of hydrogen-bond donors (Lipinski definition) is 3. The minimum Gasteiger partial charge on any atom is -0.466 e. The Bertz CT molecular complexity index is 1020. The summed E-state index contributed by atoms with van der Waals surface area (Å²) in [7, 11) is 1.25. The SMILES string of the molecule is CCC(CC)CNC(=O)Cn1cccc(NC(=O)[C@H](CC/C=C/C(=O)OC)NC(=O)OC(C)(C)C)c1=O.[HH].[HH].[HH]. The maximum absolute atomic E-state index is 13.0. The van der Waals surface area contributed by atoms with E-state index < -0.39 is 35.2 Å². The Morgan fingerprint density at radius 1 is 1.16 bits per heavy atom. The quantitative estimate of drug-likeness (QED) is 0.264. The van der Waals surface area contributed by atoms with Gasteiger partial charge < -0.3 is 30.0 Å². The van der Waals surface area contributed by atoms with Crippen LogP contribution in [0.25, 0.3) is 0 Å². The van der Waals surface area contributed by atoms with Gasteiger partial charge in [-0.3, -0.25) is 14.4 Å². The summed E-state index contributed by atoms with van der Waals surface area (Å²) in [5, 5.41) is 7.87. The van der Waals surface area contributed by atoms with E-state index in [1.807, 2.05) is 0 Å². The van der Waals surface area contributed by atoms with Gasteiger partial charge in [0.25, 0.3) is 5.56 Å². The van der Waals surface area contributed by atoms with E-state index in [1.165, 1.54) is 36.1 Å². The summed E-state index contributed by atoms with van der Waals surface area (Å²) in [5.74, 6) is -1.14. The van der Waals surface area contributed by atoms with Crippen LogP contribution < -0.4 is 21.5 Å². The van der Waals surface area contributed by atoms with Crippen LogP contribution in [0.1, 0.15) is 64.6 Å². The van der Waals surface area contributed by atoms with Crippen molar-refractivity contribution in [3.05, 3.63) is 40.8 Å². The number of esters is 1. The smallest absolute Gasteiger partial charge is 0.408 e. The molecule has 0 radical (unpaired) electrons. The van der Waals surface area contributed by atoms with Crippen molar-refractivity contribution < 1.29 is 32.9 Å². The van der Waals surface area contributed by atoms with Crippen molar-refractivity contribution in [3.8, 4) is 0 Å². The van der Waals surface area contributed by atoms with Gasteiger partial charge in [-0.15, -0.1) is 0 Å². The fourth-order valence-corrected chi connectivity index (χ4v) is 3.25. The predicted molar refractivity (Wildman–Crippen MR) is 146 cm³/mol. The molecule has 1 aromatic rings. The molecule has 0 saturated heterocycles. The second-order valence-corrected chi connectivity index (χ2v) is 9.53. The average Bonchev–Trinajstić information content (AvgIpc) is 2.82. The van der Waals surface area contributed by atoms with E-state index in [4.69, 9.17) is 4.74 Å². The third kappa shape index (κ3) is 12.2. The Hall–Kier alpha value is -3.63. The third-order valence-electron chi connectivity index (χ3n) is 5.42. The molecular formula is C26H46N4O7. The third-order valence-corrected chi connectivity index (χ3v) is 5.42. The molecule has 0 saturated carbocycles. The first-order chi connectivity index (χ1) is 17.4. The number of hydrogen-bond acceptors (Lipinski definition) is 7. The average molecular weight is 527 g/mol. The number of ether oxygens (including phenoxy) is 2. The van der Waals surface area contributed by atoms with Crippen LogP contribution in [0, 0.1) is 5.92 Å². The van der Waals surface area contributed by atoms with Gasteiger partial charge in [-0.1, -0.05) is 32.8 Å². The summed E-state index contributed by atoms with van der Waals surface area (Å²) >= 11 is 0. The molecule has 0 spiro atoms. The van der Waals surface area contributed by atoms with Crippen LogP contribution in [0.2, 0.25) is 0 Å². The molecule has 3 amide bonds. The fourth-order valence-electron chi connectivity index (χ4n) is 3.25. The highest BCUT2D eigenvalue weighted by molar-refractivity contribution is 5.96. The van der Waals surface area contributed by atoms with Gasteiger partial charge in [0.1, 0.15) is 23.9 Å². The van der Waals surface area contributed by atoms with Gasteiger partial charge in [0, 0.05) is 23.1 Å². The number of methoxy groups -OCH3 is 1. The molecule has 0 aromatic carbocycles. The zero-order valence-electron chi connectivity index (χ0n) is 22.6. The van der Waals surface area contributed by atoms with Gasteiger partial charge in [0.2, 0.25) is 11.8 Å². The van der Waals surface area contributed by atoms with E-state index in [0.29, 0.717) is 12.5 Å². The Morgan fingerprint density at radius 2 is 1.84 bits per heavy atom. The van der Waals surface area contributed by atoms with Crippen molar-refractivity contribution in [2.24, 2.45) is 5.92 Å². The Balaban J connectivity index is -0.00000456. The molecule has 3 N–H and O–H groups in total. The van der Waals surface area contributed by atoms with Gasteiger partial charge in [0.05, 0.1) is 7.11 Å². The second-order valence-electron chi connectivity index (χ2n) is 9.53. The zero-order chi connectivity index (χ0) is 28.0. The van der Waals surface area contributed by atoms with Gasteiger partial charge in [-0.2, -0.15) is 0 Å². The molecule has 1 heterocycles. The first kappa shape index (κ1) is 31.4. The summed E-state index contributed by atoms with van der Waals surface area (Å²) in [5.41, 5.74) is -1.38. The minimum atomic E-state index is -1.06. The van der Waals surface area contributed by atoms with Crippen LogP contribution in [0.5, 0.6) is 0 Å². The standard InChI is InChI=1S/C26H40N4O7.3H2/c1-7-18(8-2)16-27-21(31)17-30-15-11-13-20(24(30)34)28-23(33)19(12-9-10-14-22(32)36-6)29-25(35)37-26(3,4)5;;;/h10-11,13-15,18-19H,7-9,12,16-17H2,1-6H3,(H,27,31)(H,28,33)(H,29,35);3*1H/b14-10+;;;/t19-;;;/m0.../s1. The summed E-state index contributed by atoms with van der Waals surface area (Å²) in [6.45, 7) is 9.50. The van der Waals surface area contributed by atoms with Crippen molar-refractivity contribution in [2.45, 2.75) is 78.5 Å². The number of nitrogens with zero attached hydrogens (tertiary/aromatic N) is 1. The highest BCUT2D eigenvalue weighted by atomic mass is 16.6. The van der Waals surface area contributed by atoms with E-state index in [1.54, 1.807) is 26.8 Å². The number of nitrogens with one attached hydrogen (secondary N) is 3. The van der Waals surface area contributed by atoms with Crippen LogP contribution in [0.3, 0.4) is 0 Å². The summed E-state index contributed by atoms with van der Waals surface area (Å²) in [6, 6.07) is 1.90. The topological polar surface area (TPSA) is 145 Å². The number of anilines is 1. The van der Waals surface area contributed by atoms with Gasteiger partial charge in [0.15, 0.2) is 0 Å². The maximum Gasteiger partial charge on any atom is 0.408 e. The predicted octanol–water partition coefficient (Wildman–Crippen LogP) is 3.48. The number of alkyl carbamates (subject to hydrolysis) is 1. The first-order valence-corrected chi connectivity index (χ1v) is 12.4. The molecule has 0 aliphatic carbocycles.